The van der Waals surface area contributed by atoms with Crippen LogP contribution in [-0.2, 0) is 24.1 Å². The monoisotopic (exact) mass is 252 g/mol. The van der Waals surface area contributed by atoms with E-state index < -0.39 is 6.10 Å². The number of nitrogens with zero attached hydrogens (tertiary/aromatic N) is 2. The molecule has 0 spiro atoms. The fourth-order valence-electron chi connectivity index (χ4n) is 2.54. The first-order valence-electron chi connectivity index (χ1n) is 7.09. The van der Waals surface area contributed by atoms with Gasteiger partial charge in [-0.25, -0.2) is 0 Å². The van der Waals surface area contributed by atoms with Crippen molar-refractivity contribution in [2.75, 3.05) is 6.61 Å². The van der Waals surface area contributed by atoms with Crippen molar-refractivity contribution in [3.63, 3.8) is 0 Å². The van der Waals surface area contributed by atoms with Gasteiger partial charge in [0.15, 0.2) is 0 Å². The van der Waals surface area contributed by atoms with E-state index in [0.717, 1.165) is 50.2 Å². The number of aliphatic hydroxyl groups excluding tert-OH is 1. The third kappa shape index (κ3) is 3.12. The molecule has 0 radical (unpaired) electrons. The third-order valence-corrected chi connectivity index (χ3v) is 3.64. The summed E-state index contributed by atoms with van der Waals surface area (Å²) in [7, 11) is 0. The summed E-state index contributed by atoms with van der Waals surface area (Å²) in [5.74, 6) is 0. The van der Waals surface area contributed by atoms with Gasteiger partial charge in [0.05, 0.1) is 17.9 Å². The summed E-state index contributed by atoms with van der Waals surface area (Å²) < 4.78 is 7.63. The maximum Gasteiger partial charge on any atom is 0.0856 e. The van der Waals surface area contributed by atoms with E-state index in [0.29, 0.717) is 6.42 Å². The van der Waals surface area contributed by atoms with E-state index in [9.17, 15) is 5.11 Å². The largest absolute Gasteiger partial charge is 0.390 e. The van der Waals surface area contributed by atoms with Crippen LogP contribution in [0, 0.1) is 0 Å². The topological polar surface area (TPSA) is 47.3 Å². The second kappa shape index (κ2) is 6.34. The highest BCUT2D eigenvalue weighted by molar-refractivity contribution is 5.12. The number of aliphatic hydroxyl groups is 1. The van der Waals surface area contributed by atoms with Crippen LogP contribution in [-0.4, -0.2) is 33.7 Å². The van der Waals surface area contributed by atoms with Crippen LogP contribution in [0.5, 0.6) is 0 Å². The Morgan fingerprint density at radius 1 is 1.50 bits per heavy atom. The van der Waals surface area contributed by atoms with Crippen LogP contribution in [0.15, 0.2) is 6.07 Å². The smallest absolute Gasteiger partial charge is 0.0856 e. The van der Waals surface area contributed by atoms with E-state index in [4.69, 9.17) is 4.74 Å². The molecule has 2 atom stereocenters. The molecule has 0 aliphatic carbocycles. The van der Waals surface area contributed by atoms with E-state index in [1.807, 2.05) is 4.68 Å². The van der Waals surface area contributed by atoms with Crippen molar-refractivity contribution in [2.45, 2.75) is 64.7 Å². The molecule has 2 unspecified atom stereocenters. The Kier molecular flexibility index (Phi) is 4.78. The molecule has 1 aliphatic rings. The van der Waals surface area contributed by atoms with Gasteiger partial charge in [0.2, 0.25) is 0 Å². The lowest BCUT2D eigenvalue weighted by Crippen LogP contribution is -2.34. The lowest BCUT2D eigenvalue weighted by Gasteiger charge is -2.27. The number of ether oxygens (including phenoxy) is 1. The van der Waals surface area contributed by atoms with Crippen LogP contribution >= 0.6 is 0 Å². The average molecular weight is 252 g/mol. The molecule has 2 heterocycles. The van der Waals surface area contributed by atoms with E-state index in [1.165, 1.54) is 0 Å². The zero-order valence-corrected chi connectivity index (χ0v) is 11.4. The van der Waals surface area contributed by atoms with Crippen molar-refractivity contribution >= 4 is 0 Å². The zero-order valence-electron chi connectivity index (χ0n) is 11.4. The molecule has 4 nitrogen and oxygen atoms in total. The molecule has 1 N–H and O–H groups in total. The molecule has 18 heavy (non-hydrogen) atoms. The fraction of sp³-hybridized carbons (Fsp3) is 0.786. The van der Waals surface area contributed by atoms with Crippen molar-refractivity contribution in [1.29, 1.82) is 0 Å². The number of hydrogen-bond acceptors (Lipinski definition) is 3. The van der Waals surface area contributed by atoms with Gasteiger partial charge in [0.1, 0.15) is 0 Å². The van der Waals surface area contributed by atoms with Crippen LogP contribution in [0.4, 0.5) is 0 Å². The SMILES string of the molecule is CCc1cc(CC(O)C2CCCCO2)n(CC)n1. The molecule has 0 saturated carbocycles. The Bertz CT molecular complexity index is 370. The van der Waals surface area contributed by atoms with Gasteiger partial charge in [-0.15, -0.1) is 0 Å². The number of aromatic nitrogens is 2. The van der Waals surface area contributed by atoms with Crippen molar-refractivity contribution in [3.8, 4) is 0 Å². The highest BCUT2D eigenvalue weighted by atomic mass is 16.5. The maximum atomic E-state index is 10.3. The van der Waals surface area contributed by atoms with Gasteiger partial charge in [-0.3, -0.25) is 4.68 Å². The third-order valence-electron chi connectivity index (χ3n) is 3.64. The summed E-state index contributed by atoms with van der Waals surface area (Å²) in [6, 6.07) is 2.11. The Hall–Kier alpha value is -0.870. The van der Waals surface area contributed by atoms with Crippen molar-refractivity contribution in [3.05, 3.63) is 17.5 Å². The molecule has 4 heteroatoms. The number of aryl methyl sites for hydroxylation is 2. The summed E-state index contributed by atoms with van der Waals surface area (Å²) in [6.45, 7) is 5.83. The molecule has 0 amide bonds. The second-order valence-electron chi connectivity index (χ2n) is 4.97. The Balaban J connectivity index is 2.00. The van der Waals surface area contributed by atoms with Crippen molar-refractivity contribution in [1.82, 2.24) is 9.78 Å². The maximum absolute atomic E-state index is 10.3. The minimum atomic E-state index is -0.406. The Morgan fingerprint density at radius 3 is 2.94 bits per heavy atom. The molecule has 1 aromatic heterocycles. The van der Waals surface area contributed by atoms with Crippen molar-refractivity contribution in [2.24, 2.45) is 0 Å². The molecule has 1 saturated heterocycles. The van der Waals surface area contributed by atoms with E-state index in [2.05, 4.69) is 25.0 Å². The predicted molar refractivity (Wildman–Crippen MR) is 70.6 cm³/mol. The van der Waals surface area contributed by atoms with E-state index >= 15 is 0 Å². The Morgan fingerprint density at radius 2 is 2.33 bits per heavy atom. The van der Waals surface area contributed by atoms with E-state index in [-0.39, 0.29) is 6.10 Å². The van der Waals surface area contributed by atoms with Crippen LogP contribution in [0.3, 0.4) is 0 Å². The molecular formula is C14H24N2O2. The number of hydrogen-bond donors (Lipinski definition) is 1. The molecule has 1 aliphatic heterocycles. The fourth-order valence-corrected chi connectivity index (χ4v) is 2.54. The highest BCUT2D eigenvalue weighted by Gasteiger charge is 2.24. The van der Waals surface area contributed by atoms with Crippen LogP contribution in [0.25, 0.3) is 0 Å². The molecule has 0 aromatic carbocycles. The van der Waals surface area contributed by atoms with Gasteiger partial charge in [-0.2, -0.15) is 5.10 Å². The molecule has 0 bridgehead atoms. The molecule has 1 aromatic rings. The molecular weight excluding hydrogens is 228 g/mol. The van der Waals surface area contributed by atoms with Crippen molar-refractivity contribution < 1.29 is 9.84 Å². The first-order valence-corrected chi connectivity index (χ1v) is 7.09. The predicted octanol–water partition coefficient (Wildman–Crippen LogP) is 1.94. The standard InChI is InChI=1S/C14H24N2O2/c1-3-11-9-12(16(4-2)15-11)10-13(17)14-7-5-6-8-18-14/h9,13-14,17H,3-8,10H2,1-2H3. The summed E-state index contributed by atoms with van der Waals surface area (Å²) in [5.41, 5.74) is 2.22. The van der Waals surface area contributed by atoms with Gasteiger partial charge < -0.3 is 9.84 Å². The zero-order chi connectivity index (χ0) is 13.0. The van der Waals surface area contributed by atoms with Crippen LogP contribution < -0.4 is 0 Å². The van der Waals surface area contributed by atoms with Gasteiger partial charge >= 0.3 is 0 Å². The van der Waals surface area contributed by atoms with Crippen LogP contribution in [0.1, 0.15) is 44.5 Å². The van der Waals surface area contributed by atoms with Gasteiger partial charge in [0.25, 0.3) is 0 Å². The summed E-state index contributed by atoms with van der Waals surface area (Å²) in [6.07, 6.45) is 4.44. The van der Waals surface area contributed by atoms with Gasteiger partial charge in [-0.05, 0) is 38.7 Å². The van der Waals surface area contributed by atoms with Crippen LogP contribution in [0.2, 0.25) is 0 Å². The molecule has 1 fully saturated rings. The summed E-state index contributed by atoms with van der Waals surface area (Å²) in [4.78, 5) is 0. The normalized spacial score (nSPS) is 22.1. The molecule has 102 valence electrons. The minimum absolute atomic E-state index is 0.00373. The summed E-state index contributed by atoms with van der Waals surface area (Å²) in [5, 5.41) is 14.8. The van der Waals surface area contributed by atoms with E-state index in [1.54, 1.807) is 0 Å². The highest BCUT2D eigenvalue weighted by Crippen LogP contribution is 2.19. The van der Waals surface area contributed by atoms with Gasteiger partial charge in [-0.1, -0.05) is 6.92 Å². The quantitative estimate of drug-likeness (QED) is 0.871. The first kappa shape index (κ1) is 13.6. The summed E-state index contributed by atoms with van der Waals surface area (Å²) >= 11 is 0. The molecule has 2 rings (SSSR count). The lowest BCUT2D eigenvalue weighted by atomic mass is 10.0. The lowest BCUT2D eigenvalue weighted by molar-refractivity contribution is -0.0616. The first-order chi connectivity index (χ1) is 8.74. The second-order valence-corrected chi connectivity index (χ2v) is 4.97. The number of rotatable bonds is 5. The van der Waals surface area contributed by atoms with Gasteiger partial charge in [0, 0.05) is 25.3 Å². The average Bonchev–Trinajstić information content (AvgIpc) is 2.82. The minimum Gasteiger partial charge on any atom is -0.390 e. The Labute approximate surface area is 109 Å².